The Morgan fingerprint density at radius 2 is 2.00 bits per heavy atom. The summed E-state index contributed by atoms with van der Waals surface area (Å²) in [6.07, 6.45) is 2.25. The molecule has 0 spiro atoms. The molecule has 0 aromatic rings. The van der Waals surface area contributed by atoms with E-state index in [4.69, 9.17) is 0 Å². The molecule has 0 aromatic carbocycles. The van der Waals surface area contributed by atoms with Gasteiger partial charge in [-0.2, -0.15) is 0 Å². The van der Waals surface area contributed by atoms with Crippen LogP contribution in [0, 0.1) is 5.92 Å². The van der Waals surface area contributed by atoms with Crippen molar-refractivity contribution in [2.45, 2.75) is 19.3 Å². The molecule has 0 saturated carbocycles. The molecule has 1 heterocycles. The zero-order valence-corrected chi connectivity index (χ0v) is 8.10. The number of nitrogens with zero attached hydrogens (tertiary/aromatic N) is 1. The van der Waals surface area contributed by atoms with E-state index >= 15 is 0 Å². The second-order valence-electron chi connectivity index (χ2n) is 3.32. The minimum Gasteiger partial charge on any atom is -0.550 e. The van der Waals surface area contributed by atoms with Crippen molar-refractivity contribution in [1.29, 1.82) is 0 Å². The number of aliphatic carboxylic acids is 1. The van der Waals surface area contributed by atoms with Crippen molar-refractivity contribution in [2.75, 3.05) is 20.1 Å². The van der Waals surface area contributed by atoms with Gasteiger partial charge in [-0.15, -0.1) is 12.4 Å². The van der Waals surface area contributed by atoms with Crippen molar-refractivity contribution in [3.63, 3.8) is 0 Å². The predicted octanol–water partition coefficient (Wildman–Crippen LogP) is -0.110. The Hall–Kier alpha value is -0.280. The molecule has 1 aliphatic heterocycles. The Bertz CT molecular complexity index is 144. The van der Waals surface area contributed by atoms with Crippen LogP contribution >= 0.6 is 12.4 Å². The Labute approximate surface area is 79.2 Å². The Balaban J connectivity index is 0.00000121. The van der Waals surface area contributed by atoms with Gasteiger partial charge >= 0.3 is 0 Å². The van der Waals surface area contributed by atoms with Crippen molar-refractivity contribution >= 4 is 18.4 Å². The standard InChI is InChI=1S/C8H15NO2.ClH/c1-9-4-2-7(3-5-9)6-8(10)11;/h7H,2-6H2,1H3,(H,10,11);1H/p-1. The zero-order chi connectivity index (χ0) is 8.27. The maximum atomic E-state index is 10.2. The Morgan fingerprint density at radius 1 is 1.50 bits per heavy atom. The highest BCUT2D eigenvalue weighted by molar-refractivity contribution is 5.85. The monoisotopic (exact) mass is 192 g/mol. The van der Waals surface area contributed by atoms with Crippen LogP contribution in [0.15, 0.2) is 0 Å². The molecular formula is C8H15ClNO2-. The number of carbonyl (C=O) groups is 1. The normalized spacial score (nSPS) is 20.1. The quantitative estimate of drug-likeness (QED) is 0.613. The zero-order valence-electron chi connectivity index (χ0n) is 7.28. The molecular weight excluding hydrogens is 178 g/mol. The molecule has 0 amide bonds. The van der Waals surface area contributed by atoms with Gasteiger partial charge in [-0.25, -0.2) is 0 Å². The molecule has 72 valence electrons. The summed E-state index contributed by atoms with van der Waals surface area (Å²) in [5.74, 6) is -0.546. The number of carboxylic acid groups (broad SMARTS) is 1. The topological polar surface area (TPSA) is 43.4 Å². The summed E-state index contributed by atoms with van der Waals surface area (Å²) in [6.45, 7) is 2.05. The van der Waals surface area contributed by atoms with Crippen molar-refractivity contribution in [3.05, 3.63) is 0 Å². The van der Waals surface area contributed by atoms with Crippen molar-refractivity contribution in [1.82, 2.24) is 4.90 Å². The lowest BCUT2D eigenvalue weighted by atomic mass is 9.94. The first-order valence-electron chi connectivity index (χ1n) is 4.07. The van der Waals surface area contributed by atoms with Gasteiger partial charge in [0.2, 0.25) is 0 Å². The van der Waals surface area contributed by atoms with Gasteiger partial charge < -0.3 is 14.8 Å². The highest BCUT2D eigenvalue weighted by Crippen LogP contribution is 2.18. The molecule has 4 heteroatoms. The smallest absolute Gasteiger partial charge is 0.0417 e. The van der Waals surface area contributed by atoms with E-state index in [1.807, 2.05) is 0 Å². The summed E-state index contributed by atoms with van der Waals surface area (Å²) >= 11 is 0. The van der Waals surface area contributed by atoms with Gasteiger partial charge in [-0.3, -0.25) is 0 Å². The first kappa shape index (κ1) is 11.7. The molecule has 0 atom stereocenters. The molecule has 1 fully saturated rings. The predicted molar refractivity (Wildman–Crippen MR) is 47.1 cm³/mol. The van der Waals surface area contributed by atoms with Crippen molar-refractivity contribution in [3.8, 4) is 0 Å². The summed E-state index contributed by atoms with van der Waals surface area (Å²) in [7, 11) is 2.06. The van der Waals surface area contributed by atoms with E-state index in [9.17, 15) is 9.90 Å². The van der Waals surface area contributed by atoms with Gasteiger partial charge in [0.05, 0.1) is 0 Å². The Kier molecular flexibility index (Phi) is 5.25. The minimum atomic E-state index is -0.903. The summed E-state index contributed by atoms with van der Waals surface area (Å²) in [5, 5.41) is 10.2. The Morgan fingerprint density at radius 3 is 2.42 bits per heavy atom. The second kappa shape index (κ2) is 5.38. The fourth-order valence-electron chi connectivity index (χ4n) is 1.50. The van der Waals surface area contributed by atoms with Gasteiger partial charge in [0.1, 0.15) is 0 Å². The molecule has 0 unspecified atom stereocenters. The summed E-state index contributed by atoms with van der Waals surface area (Å²) < 4.78 is 0. The molecule has 1 rings (SSSR count). The average molecular weight is 193 g/mol. The third-order valence-electron chi connectivity index (χ3n) is 2.29. The van der Waals surface area contributed by atoms with Crippen molar-refractivity contribution in [2.24, 2.45) is 5.92 Å². The maximum Gasteiger partial charge on any atom is 0.0417 e. The summed E-state index contributed by atoms with van der Waals surface area (Å²) in [5.41, 5.74) is 0. The minimum absolute atomic E-state index is 0. The van der Waals surface area contributed by atoms with Crippen LogP contribution < -0.4 is 5.11 Å². The highest BCUT2D eigenvalue weighted by atomic mass is 35.5. The van der Waals surface area contributed by atoms with Crippen LogP contribution in [0.1, 0.15) is 19.3 Å². The van der Waals surface area contributed by atoms with E-state index < -0.39 is 5.97 Å². The molecule has 0 radical (unpaired) electrons. The lowest BCUT2D eigenvalue weighted by Gasteiger charge is -2.28. The van der Waals surface area contributed by atoms with Gasteiger partial charge in [0, 0.05) is 5.97 Å². The van der Waals surface area contributed by atoms with Gasteiger partial charge in [-0.05, 0) is 45.3 Å². The van der Waals surface area contributed by atoms with Crippen LogP contribution in [-0.4, -0.2) is 31.0 Å². The number of halogens is 1. The van der Waals surface area contributed by atoms with E-state index in [0.29, 0.717) is 5.92 Å². The molecule has 12 heavy (non-hydrogen) atoms. The van der Waals surface area contributed by atoms with Crippen LogP contribution in [0.2, 0.25) is 0 Å². The molecule has 0 aliphatic carbocycles. The first-order chi connectivity index (χ1) is 5.18. The van der Waals surface area contributed by atoms with Crippen LogP contribution in [0.3, 0.4) is 0 Å². The van der Waals surface area contributed by atoms with Crippen LogP contribution in [-0.2, 0) is 4.79 Å². The third kappa shape index (κ3) is 3.93. The van der Waals surface area contributed by atoms with E-state index in [0.717, 1.165) is 25.9 Å². The second-order valence-corrected chi connectivity index (χ2v) is 3.32. The lowest BCUT2D eigenvalue weighted by molar-refractivity contribution is -0.307. The van der Waals surface area contributed by atoms with E-state index in [1.54, 1.807) is 0 Å². The number of carboxylic acids is 1. The average Bonchev–Trinajstić information content (AvgIpc) is 1.93. The molecule has 0 N–H and O–H groups in total. The number of rotatable bonds is 2. The maximum absolute atomic E-state index is 10.2. The van der Waals surface area contributed by atoms with E-state index in [-0.39, 0.29) is 18.8 Å². The number of hydrogen-bond acceptors (Lipinski definition) is 3. The van der Waals surface area contributed by atoms with Crippen molar-refractivity contribution < 1.29 is 9.90 Å². The number of hydrogen-bond donors (Lipinski definition) is 0. The molecule has 1 saturated heterocycles. The van der Waals surface area contributed by atoms with Gasteiger partial charge in [0.25, 0.3) is 0 Å². The molecule has 0 aromatic heterocycles. The van der Waals surface area contributed by atoms with E-state index in [2.05, 4.69) is 11.9 Å². The largest absolute Gasteiger partial charge is 0.550 e. The number of piperidine rings is 1. The summed E-state index contributed by atoms with van der Waals surface area (Å²) in [6, 6.07) is 0. The highest BCUT2D eigenvalue weighted by Gasteiger charge is 2.15. The van der Waals surface area contributed by atoms with Crippen LogP contribution in [0.5, 0.6) is 0 Å². The number of likely N-dealkylation sites (tertiary alicyclic amines) is 1. The van der Waals surface area contributed by atoms with Crippen LogP contribution in [0.25, 0.3) is 0 Å². The molecule has 0 bridgehead atoms. The van der Waals surface area contributed by atoms with Gasteiger partial charge in [-0.1, -0.05) is 0 Å². The lowest BCUT2D eigenvalue weighted by Crippen LogP contribution is -2.33. The fraction of sp³-hybridized carbons (Fsp3) is 0.875. The van der Waals surface area contributed by atoms with Crippen LogP contribution in [0.4, 0.5) is 0 Å². The first-order valence-corrected chi connectivity index (χ1v) is 4.07. The fourth-order valence-corrected chi connectivity index (χ4v) is 1.50. The molecule has 1 aliphatic rings. The summed E-state index contributed by atoms with van der Waals surface area (Å²) in [4.78, 5) is 12.5. The molecule has 3 nitrogen and oxygen atoms in total. The SMILES string of the molecule is CN1CCC(CC(=O)[O-])CC1.Cl. The van der Waals surface area contributed by atoms with E-state index in [1.165, 1.54) is 0 Å². The third-order valence-corrected chi connectivity index (χ3v) is 2.29. The number of carbonyl (C=O) groups excluding carboxylic acids is 1. The van der Waals surface area contributed by atoms with Gasteiger partial charge in [0.15, 0.2) is 0 Å².